The van der Waals surface area contributed by atoms with Gasteiger partial charge in [0.1, 0.15) is 0 Å². The molecule has 2 aliphatic heterocycles. The SMILES string of the molecule is NNc1ccnc(CN2CCC3NC(=O)CCC3C2)c1. The number of carbonyl (C=O) groups excluding carboxylic acids is 1. The standard InChI is InChI=1S/C14H21N5O/c15-18-11-3-5-16-12(7-11)9-19-6-4-13-10(8-19)1-2-14(20)17-13/h3,5,7,10,13H,1-2,4,6,8-9,15H2,(H,16,18)(H,17,20). The number of pyridine rings is 1. The van der Waals surface area contributed by atoms with Crippen molar-refractivity contribution in [2.24, 2.45) is 11.8 Å². The molecule has 6 heteroatoms. The lowest BCUT2D eigenvalue weighted by molar-refractivity contribution is -0.125. The van der Waals surface area contributed by atoms with E-state index in [1.54, 1.807) is 6.20 Å². The summed E-state index contributed by atoms with van der Waals surface area (Å²) in [6.07, 6.45) is 4.48. The van der Waals surface area contributed by atoms with Gasteiger partial charge in [-0.15, -0.1) is 0 Å². The zero-order valence-electron chi connectivity index (χ0n) is 11.5. The van der Waals surface area contributed by atoms with E-state index in [1.807, 2.05) is 12.1 Å². The van der Waals surface area contributed by atoms with Crippen molar-refractivity contribution in [3.05, 3.63) is 24.0 Å². The van der Waals surface area contributed by atoms with Crippen molar-refractivity contribution in [1.82, 2.24) is 15.2 Å². The van der Waals surface area contributed by atoms with Crippen LogP contribution in [0.3, 0.4) is 0 Å². The molecule has 0 radical (unpaired) electrons. The number of nitrogen functional groups attached to an aromatic ring is 1. The topological polar surface area (TPSA) is 83.3 Å². The molecule has 0 bridgehead atoms. The van der Waals surface area contributed by atoms with Gasteiger partial charge in [0, 0.05) is 38.3 Å². The lowest BCUT2D eigenvalue weighted by Gasteiger charge is -2.41. The van der Waals surface area contributed by atoms with Gasteiger partial charge < -0.3 is 10.7 Å². The zero-order chi connectivity index (χ0) is 13.9. The van der Waals surface area contributed by atoms with E-state index in [2.05, 4.69) is 20.6 Å². The van der Waals surface area contributed by atoms with Gasteiger partial charge in [-0.1, -0.05) is 0 Å². The monoisotopic (exact) mass is 275 g/mol. The minimum atomic E-state index is 0.211. The third-order valence-electron chi connectivity index (χ3n) is 4.28. The fourth-order valence-corrected chi connectivity index (χ4v) is 3.21. The average Bonchev–Trinajstić information content (AvgIpc) is 2.47. The third kappa shape index (κ3) is 2.91. The van der Waals surface area contributed by atoms with Crippen LogP contribution in [0.2, 0.25) is 0 Å². The number of aromatic nitrogens is 1. The van der Waals surface area contributed by atoms with Crippen LogP contribution < -0.4 is 16.6 Å². The number of carbonyl (C=O) groups is 1. The summed E-state index contributed by atoms with van der Waals surface area (Å²) in [5.41, 5.74) is 4.56. The van der Waals surface area contributed by atoms with Crippen LogP contribution in [0.25, 0.3) is 0 Å². The molecule has 2 saturated heterocycles. The molecule has 2 fully saturated rings. The van der Waals surface area contributed by atoms with Gasteiger partial charge in [0.25, 0.3) is 0 Å². The molecule has 3 rings (SSSR count). The van der Waals surface area contributed by atoms with Crippen molar-refractivity contribution in [2.75, 3.05) is 18.5 Å². The van der Waals surface area contributed by atoms with E-state index >= 15 is 0 Å². The lowest BCUT2D eigenvalue weighted by Crippen LogP contribution is -2.53. The molecule has 1 aromatic rings. The van der Waals surface area contributed by atoms with Crippen molar-refractivity contribution in [2.45, 2.75) is 31.8 Å². The first-order chi connectivity index (χ1) is 9.74. The van der Waals surface area contributed by atoms with Gasteiger partial charge in [-0.25, -0.2) is 0 Å². The molecule has 2 atom stereocenters. The number of hydrogen-bond donors (Lipinski definition) is 3. The normalized spacial score (nSPS) is 26.8. The van der Waals surface area contributed by atoms with Gasteiger partial charge in [-0.3, -0.25) is 20.5 Å². The second-order valence-electron chi connectivity index (χ2n) is 5.68. The van der Waals surface area contributed by atoms with Gasteiger partial charge in [-0.05, 0) is 30.9 Å². The van der Waals surface area contributed by atoms with Gasteiger partial charge in [0.05, 0.1) is 11.4 Å². The molecule has 6 nitrogen and oxygen atoms in total. The largest absolute Gasteiger partial charge is 0.353 e. The molecule has 4 N–H and O–H groups in total. The molecule has 20 heavy (non-hydrogen) atoms. The summed E-state index contributed by atoms with van der Waals surface area (Å²) < 4.78 is 0. The number of piperidine rings is 2. The Morgan fingerprint density at radius 2 is 2.40 bits per heavy atom. The van der Waals surface area contributed by atoms with Crippen LogP contribution in [-0.2, 0) is 11.3 Å². The molecule has 2 aliphatic rings. The van der Waals surface area contributed by atoms with Crippen LogP contribution in [0.15, 0.2) is 18.3 Å². The van der Waals surface area contributed by atoms with Gasteiger partial charge in [0.15, 0.2) is 0 Å². The maximum Gasteiger partial charge on any atom is 0.220 e. The summed E-state index contributed by atoms with van der Waals surface area (Å²) in [5, 5.41) is 3.11. The lowest BCUT2D eigenvalue weighted by atomic mass is 9.85. The fourth-order valence-electron chi connectivity index (χ4n) is 3.21. The molecule has 0 saturated carbocycles. The Morgan fingerprint density at radius 1 is 1.50 bits per heavy atom. The minimum Gasteiger partial charge on any atom is -0.353 e. The third-order valence-corrected chi connectivity index (χ3v) is 4.28. The van der Waals surface area contributed by atoms with E-state index < -0.39 is 0 Å². The van der Waals surface area contributed by atoms with E-state index in [0.29, 0.717) is 18.4 Å². The van der Waals surface area contributed by atoms with Crippen LogP contribution in [-0.4, -0.2) is 34.9 Å². The van der Waals surface area contributed by atoms with Crippen molar-refractivity contribution in [3.63, 3.8) is 0 Å². The molecular weight excluding hydrogens is 254 g/mol. The van der Waals surface area contributed by atoms with Crippen molar-refractivity contribution >= 4 is 11.6 Å². The van der Waals surface area contributed by atoms with Crippen LogP contribution in [0.4, 0.5) is 5.69 Å². The molecule has 0 aromatic carbocycles. The molecule has 1 aromatic heterocycles. The summed E-state index contributed by atoms with van der Waals surface area (Å²) in [5.74, 6) is 6.21. The molecule has 1 amide bonds. The van der Waals surface area contributed by atoms with Gasteiger partial charge in [0.2, 0.25) is 5.91 Å². The number of rotatable bonds is 3. The smallest absolute Gasteiger partial charge is 0.220 e. The van der Waals surface area contributed by atoms with Gasteiger partial charge in [-0.2, -0.15) is 0 Å². The maximum absolute atomic E-state index is 11.4. The second kappa shape index (κ2) is 5.76. The molecular formula is C14H21N5O. The number of fused-ring (bicyclic) bond motifs is 1. The van der Waals surface area contributed by atoms with Crippen molar-refractivity contribution in [1.29, 1.82) is 0 Å². The quantitative estimate of drug-likeness (QED) is 0.551. The first kappa shape index (κ1) is 13.3. The zero-order valence-corrected chi connectivity index (χ0v) is 11.5. The number of likely N-dealkylation sites (tertiary alicyclic amines) is 1. The van der Waals surface area contributed by atoms with Crippen molar-refractivity contribution < 1.29 is 4.79 Å². The highest BCUT2D eigenvalue weighted by Crippen LogP contribution is 2.26. The van der Waals surface area contributed by atoms with E-state index in [0.717, 1.165) is 43.9 Å². The summed E-state index contributed by atoms with van der Waals surface area (Å²) in [7, 11) is 0. The second-order valence-corrected chi connectivity index (χ2v) is 5.68. The predicted octanol–water partition coefficient (Wildman–Crippen LogP) is 0.468. The van der Waals surface area contributed by atoms with Crippen molar-refractivity contribution in [3.8, 4) is 0 Å². The number of amides is 1. The number of nitrogens with zero attached hydrogens (tertiary/aromatic N) is 2. The van der Waals surface area contributed by atoms with Crippen LogP contribution in [0.1, 0.15) is 25.0 Å². The Labute approximate surface area is 118 Å². The van der Waals surface area contributed by atoms with E-state index in [1.165, 1.54) is 0 Å². The van der Waals surface area contributed by atoms with Crippen LogP contribution in [0.5, 0.6) is 0 Å². The van der Waals surface area contributed by atoms with Crippen LogP contribution in [0, 0.1) is 5.92 Å². The number of nitrogens with one attached hydrogen (secondary N) is 2. The first-order valence-electron chi connectivity index (χ1n) is 7.18. The Kier molecular flexibility index (Phi) is 3.84. The number of hydrazine groups is 1. The number of hydrogen-bond acceptors (Lipinski definition) is 5. The summed E-state index contributed by atoms with van der Waals surface area (Å²) in [4.78, 5) is 18.2. The van der Waals surface area contributed by atoms with E-state index in [-0.39, 0.29) is 5.91 Å². The molecule has 2 unspecified atom stereocenters. The maximum atomic E-state index is 11.4. The Balaban J connectivity index is 1.60. The highest BCUT2D eigenvalue weighted by Gasteiger charge is 2.33. The van der Waals surface area contributed by atoms with Gasteiger partial charge >= 0.3 is 0 Å². The molecule has 108 valence electrons. The summed E-state index contributed by atoms with van der Waals surface area (Å²) in [6, 6.07) is 4.21. The number of nitrogens with two attached hydrogens (primary N) is 1. The summed E-state index contributed by atoms with van der Waals surface area (Å²) >= 11 is 0. The van der Waals surface area contributed by atoms with E-state index in [4.69, 9.17) is 5.84 Å². The van der Waals surface area contributed by atoms with E-state index in [9.17, 15) is 4.79 Å². The Hall–Kier alpha value is -1.66. The molecule has 0 aliphatic carbocycles. The molecule has 3 heterocycles. The first-order valence-corrected chi connectivity index (χ1v) is 7.18. The molecule has 0 spiro atoms. The highest BCUT2D eigenvalue weighted by molar-refractivity contribution is 5.77. The highest BCUT2D eigenvalue weighted by atomic mass is 16.1. The minimum absolute atomic E-state index is 0.211. The summed E-state index contributed by atoms with van der Waals surface area (Å²) in [6.45, 7) is 2.88. The predicted molar refractivity (Wildman–Crippen MR) is 76.6 cm³/mol. The number of anilines is 1. The van der Waals surface area contributed by atoms with Crippen LogP contribution >= 0.6 is 0 Å². The Bertz CT molecular complexity index is 492. The fraction of sp³-hybridized carbons (Fsp3) is 0.571. The average molecular weight is 275 g/mol. The Morgan fingerprint density at radius 3 is 3.25 bits per heavy atom.